The van der Waals surface area contributed by atoms with Crippen molar-refractivity contribution in [2.75, 3.05) is 14.2 Å². The van der Waals surface area contributed by atoms with Crippen LogP contribution in [0, 0.1) is 5.92 Å². The van der Waals surface area contributed by atoms with E-state index in [1.165, 1.54) is 14.2 Å². The molecule has 1 amide bonds. The number of nitrogens with one attached hydrogen (secondary N) is 1. The zero-order valence-corrected chi connectivity index (χ0v) is 15.5. The standard InChI is InChI=1S/C19H19Cl2NO3/c1-24-16-10-13(9-15(21)18(16)25-2)19(23)22-17(11-3-4-11)12-5-7-14(20)8-6-12/h5-11,17H,3-4H2,1-2H3,(H,22,23)/t17-/m1/s1. The maximum atomic E-state index is 12.8. The molecule has 0 heterocycles. The monoisotopic (exact) mass is 379 g/mol. The Morgan fingerprint density at radius 2 is 1.80 bits per heavy atom. The van der Waals surface area contributed by atoms with Gasteiger partial charge >= 0.3 is 0 Å². The highest BCUT2D eigenvalue weighted by Gasteiger charge is 2.33. The molecular formula is C19H19Cl2NO3. The van der Waals surface area contributed by atoms with E-state index < -0.39 is 0 Å². The SMILES string of the molecule is COc1cc(C(=O)N[C@@H](c2ccc(Cl)cc2)C2CC2)cc(Cl)c1OC. The lowest BCUT2D eigenvalue weighted by Crippen LogP contribution is -2.30. The van der Waals surface area contributed by atoms with Crippen LogP contribution in [0.1, 0.15) is 34.8 Å². The molecule has 0 unspecified atom stereocenters. The van der Waals surface area contributed by atoms with Gasteiger partial charge in [0.25, 0.3) is 5.91 Å². The van der Waals surface area contributed by atoms with Gasteiger partial charge in [-0.05, 0) is 48.6 Å². The number of hydrogen-bond donors (Lipinski definition) is 1. The molecule has 1 N–H and O–H groups in total. The molecule has 1 fully saturated rings. The molecule has 1 aliphatic carbocycles. The number of ether oxygens (including phenoxy) is 2. The summed E-state index contributed by atoms with van der Waals surface area (Å²) < 4.78 is 10.5. The van der Waals surface area contributed by atoms with Gasteiger partial charge in [0, 0.05) is 10.6 Å². The van der Waals surface area contributed by atoms with E-state index in [1.807, 2.05) is 24.3 Å². The number of amides is 1. The maximum absolute atomic E-state index is 12.8. The molecule has 0 saturated heterocycles. The van der Waals surface area contributed by atoms with E-state index in [4.69, 9.17) is 32.7 Å². The second-order valence-corrected chi connectivity index (χ2v) is 6.88. The van der Waals surface area contributed by atoms with E-state index in [-0.39, 0.29) is 11.9 Å². The topological polar surface area (TPSA) is 47.6 Å². The van der Waals surface area contributed by atoms with Crippen molar-refractivity contribution in [3.8, 4) is 11.5 Å². The number of carbonyl (C=O) groups is 1. The average Bonchev–Trinajstić information content (AvgIpc) is 3.44. The van der Waals surface area contributed by atoms with Gasteiger partial charge in [-0.25, -0.2) is 0 Å². The first-order valence-electron chi connectivity index (χ1n) is 8.01. The highest BCUT2D eigenvalue weighted by molar-refractivity contribution is 6.32. The zero-order chi connectivity index (χ0) is 18.0. The number of benzene rings is 2. The Morgan fingerprint density at radius 1 is 1.12 bits per heavy atom. The van der Waals surface area contributed by atoms with Gasteiger partial charge in [-0.3, -0.25) is 4.79 Å². The first kappa shape index (κ1) is 17.9. The Morgan fingerprint density at radius 3 is 2.36 bits per heavy atom. The molecule has 1 atom stereocenters. The van der Waals surface area contributed by atoms with Gasteiger partial charge in [0.2, 0.25) is 0 Å². The number of methoxy groups -OCH3 is 2. The predicted octanol–water partition coefficient (Wildman–Crippen LogP) is 4.89. The first-order valence-corrected chi connectivity index (χ1v) is 8.77. The molecule has 4 nitrogen and oxygen atoms in total. The average molecular weight is 380 g/mol. The molecule has 0 spiro atoms. The fourth-order valence-corrected chi connectivity index (χ4v) is 3.26. The number of halogens is 2. The van der Waals surface area contributed by atoms with Gasteiger partial charge in [-0.15, -0.1) is 0 Å². The fraction of sp³-hybridized carbons (Fsp3) is 0.316. The van der Waals surface area contributed by atoms with Gasteiger partial charge in [0.05, 0.1) is 25.3 Å². The molecule has 1 saturated carbocycles. The quantitative estimate of drug-likeness (QED) is 0.776. The Balaban J connectivity index is 1.85. The van der Waals surface area contributed by atoms with Gasteiger partial charge < -0.3 is 14.8 Å². The summed E-state index contributed by atoms with van der Waals surface area (Å²) in [5.41, 5.74) is 1.48. The summed E-state index contributed by atoms with van der Waals surface area (Å²) in [6.45, 7) is 0. The second-order valence-electron chi connectivity index (χ2n) is 6.03. The Hall–Kier alpha value is -1.91. The van der Waals surface area contributed by atoms with E-state index in [2.05, 4.69) is 5.32 Å². The van der Waals surface area contributed by atoms with Crippen LogP contribution in [0.2, 0.25) is 10.0 Å². The molecule has 0 aliphatic heterocycles. The summed E-state index contributed by atoms with van der Waals surface area (Å²) in [6.07, 6.45) is 2.19. The Bertz CT molecular complexity index is 773. The minimum atomic E-state index is -0.199. The van der Waals surface area contributed by atoms with Crippen molar-refractivity contribution >= 4 is 29.1 Å². The minimum absolute atomic E-state index is 0.0448. The molecule has 3 rings (SSSR count). The van der Waals surface area contributed by atoms with E-state index >= 15 is 0 Å². The van der Waals surface area contributed by atoms with E-state index in [0.717, 1.165) is 18.4 Å². The van der Waals surface area contributed by atoms with Crippen LogP contribution in [0.5, 0.6) is 11.5 Å². The van der Waals surface area contributed by atoms with Gasteiger partial charge in [-0.1, -0.05) is 35.3 Å². The first-order chi connectivity index (χ1) is 12.0. The van der Waals surface area contributed by atoms with Gasteiger partial charge in [0.15, 0.2) is 11.5 Å². The third-order valence-corrected chi connectivity index (χ3v) is 4.84. The molecular weight excluding hydrogens is 361 g/mol. The minimum Gasteiger partial charge on any atom is -0.493 e. The van der Waals surface area contributed by atoms with Crippen LogP contribution in [0.15, 0.2) is 36.4 Å². The summed E-state index contributed by atoms with van der Waals surface area (Å²) in [5.74, 6) is 1.09. The van der Waals surface area contributed by atoms with Crippen LogP contribution < -0.4 is 14.8 Å². The van der Waals surface area contributed by atoms with Crippen LogP contribution in [0.25, 0.3) is 0 Å². The van der Waals surface area contributed by atoms with Crippen molar-refractivity contribution in [3.63, 3.8) is 0 Å². The lowest BCUT2D eigenvalue weighted by atomic mass is 10.0. The molecule has 0 radical (unpaired) electrons. The van der Waals surface area contributed by atoms with Crippen LogP contribution >= 0.6 is 23.2 Å². The van der Waals surface area contributed by atoms with Crippen molar-refractivity contribution in [1.29, 1.82) is 0 Å². The highest BCUT2D eigenvalue weighted by Crippen LogP contribution is 2.42. The smallest absolute Gasteiger partial charge is 0.251 e. The third-order valence-electron chi connectivity index (χ3n) is 4.30. The Kier molecular flexibility index (Phi) is 5.40. The number of hydrogen-bond acceptors (Lipinski definition) is 3. The lowest BCUT2D eigenvalue weighted by Gasteiger charge is -2.20. The molecule has 25 heavy (non-hydrogen) atoms. The summed E-state index contributed by atoms with van der Waals surface area (Å²) in [6, 6.07) is 10.8. The van der Waals surface area contributed by atoms with Gasteiger partial charge in [-0.2, -0.15) is 0 Å². The number of carbonyl (C=O) groups excluding carboxylic acids is 1. The van der Waals surface area contributed by atoms with Crippen molar-refractivity contribution in [1.82, 2.24) is 5.32 Å². The van der Waals surface area contributed by atoms with Crippen molar-refractivity contribution < 1.29 is 14.3 Å². The largest absolute Gasteiger partial charge is 0.493 e. The fourth-order valence-electron chi connectivity index (χ4n) is 2.85. The number of rotatable bonds is 6. The summed E-state index contributed by atoms with van der Waals surface area (Å²) in [4.78, 5) is 12.8. The van der Waals surface area contributed by atoms with Crippen LogP contribution in [0.4, 0.5) is 0 Å². The predicted molar refractivity (Wildman–Crippen MR) is 98.9 cm³/mol. The van der Waals surface area contributed by atoms with Crippen molar-refractivity contribution in [2.24, 2.45) is 5.92 Å². The van der Waals surface area contributed by atoms with E-state index in [9.17, 15) is 4.79 Å². The Labute approximate surface area is 157 Å². The molecule has 132 valence electrons. The highest BCUT2D eigenvalue weighted by atomic mass is 35.5. The summed E-state index contributed by atoms with van der Waals surface area (Å²) in [5, 5.41) is 4.12. The molecule has 6 heteroatoms. The van der Waals surface area contributed by atoms with Gasteiger partial charge in [0.1, 0.15) is 0 Å². The zero-order valence-electron chi connectivity index (χ0n) is 14.0. The molecule has 2 aromatic rings. The van der Waals surface area contributed by atoms with Crippen LogP contribution in [0.3, 0.4) is 0 Å². The van der Waals surface area contributed by atoms with Crippen LogP contribution in [-0.2, 0) is 0 Å². The normalized spacial score (nSPS) is 14.7. The van der Waals surface area contributed by atoms with E-state index in [1.54, 1.807) is 12.1 Å². The molecule has 2 aromatic carbocycles. The second kappa shape index (κ2) is 7.54. The summed E-state index contributed by atoms with van der Waals surface area (Å²) >= 11 is 12.2. The third kappa shape index (κ3) is 4.02. The summed E-state index contributed by atoms with van der Waals surface area (Å²) in [7, 11) is 3.02. The molecule has 0 bridgehead atoms. The van der Waals surface area contributed by atoms with Crippen molar-refractivity contribution in [2.45, 2.75) is 18.9 Å². The molecule has 0 aromatic heterocycles. The lowest BCUT2D eigenvalue weighted by molar-refractivity contribution is 0.0931. The maximum Gasteiger partial charge on any atom is 0.251 e. The van der Waals surface area contributed by atoms with E-state index in [0.29, 0.717) is 33.0 Å². The van der Waals surface area contributed by atoms with Crippen molar-refractivity contribution in [3.05, 3.63) is 57.6 Å². The van der Waals surface area contributed by atoms with Crippen LogP contribution in [-0.4, -0.2) is 20.1 Å². The molecule has 1 aliphatic rings.